The van der Waals surface area contributed by atoms with Crippen molar-refractivity contribution < 1.29 is 0 Å². The Labute approximate surface area is 104 Å². The monoisotopic (exact) mass is 231 g/mol. The molecule has 0 radical (unpaired) electrons. The van der Waals surface area contributed by atoms with Crippen molar-refractivity contribution in [3.63, 3.8) is 0 Å². The Morgan fingerprint density at radius 2 is 1.88 bits per heavy atom. The molecule has 0 amide bonds. The molecule has 17 heavy (non-hydrogen) atoms. The lowest BCUT2D eigenvalue weighted by Crippen LogP contribution is -2.25. The minimum absolute atomic E-state index is 0.483. The molecule has 0 saturated carbocycles. The van der Waals surface area contributed by atoms with E-state index in [1.54, 1.807) is 0 Å². The second-order valence-electron chi connectivity index (χ2n) is 4.15. The average Bonchev–Trinajstić information content (AvgIpc) is 2.37. The Kier molecular flexibility index (Phi) is 5.51. The van der Waals surface area contributed by atoms with E-state index in [-0.39, 0.29) is 0 Å². The molecule has 3 nitrogen and oxygen atoms in total. The van der Waals surface area contributed by atoms with Crippen LogP contribution in [0.15, 0.2) is 18.2 Å². The fraction of sp³-hybridized carbons (Fsp3) is 0.500. The van der Waals surface area contributed by atoms with Gasteiger partial charge in [-0.25, -0.2) is 0 Å². The van der Waals surface area contributed by atoms with Gasteiger partial charge in [0.15, 0.2) is 0 Å². The van der Waals surface area contributed by atoms with Crippen LogP contribution in [0.1, 0.15) is 37.8 Å². The molecule has 1 rings (SSSR count). The molecule has 3 heteroatoms. The zero-order valence-electron chi connectivity index (χ0n) is 10.7. The topological polar surface area (TPSA) is 53.0 Å². The molecule has 0 saturated heterocycles. The summed E-state index contributed by atoms with van der Waals surface area (Å²) in [7, 11) is 0. The highest BCUT2D eigenvalue weighted by molar-refractivity contribution is 5.60. The van der Waals surface area contributed by atoms with E-state index in [0.717, 1.165) is 42.7 Å². The van der Waals surface area contributed by atoms with Gasteiger partial charge in [-0.1, -0.05) is 19.9 Å². The van der Waals surface area contributed by atoms with Gasteiger partial charge in [-0.15, -0.1) is 0 Å². The third-order valence-corrected chi connectivity index (χ3v) is 2.74. The van der Waals surface area contributed by atoms with Crippen molar-refractivity contribution in [1.82, 2.24) is 0 Å². The summed E-state index contributed by atoms with van der Waals surface area (Å²) in [6.07, 6.45) is 2.17. The molecule has 1 aromatic carbocycles. The van der Waals surface area contributed by atoms with Crippen LogP contribution in [0.25, 0.3) is 0 Å². The number of hydrogen-bond acceptors (Lipinski definition) is 3. The molecular formula is C14H21N3. The van der Waals surface area contributed by atoms with E-state index < -0.39 is 0 Å². The zero-order chi connectivity index (χ0) is 12.7. The molecule has 2 N–H and O–H groups in total. The smallest absolute Gasteiger partial charge is 0.101 e. The molecule has 0 spiro atoms. The van der Waals surface area contributed by atoms with Gasteiger partial charge in [0.05, 0.1) is 11.3 Å². The molecule has 0 aliphatic rings. The number of nitrogens with zero attached hydrogens (tertiary/aromatic N) is 2. The van der Waals surface area contributed by atoms with Crippen LogP contribution in [0.4, 0.5) is 5.69 Å². The van der Waals surface area contributed by atoms with Crippen LogP contribution in [0.5, 0.6) is 0 Å². The lowest BCUT2D eigenvalue weighted by Gasteiger charge is -2.25. The van der Waals surface area contributed by atoms with Gasteiger partial charge in [0.1, 0.15) is 6.07 Å². The molecule has 0 aromatic heterocycles. The number of benzene rings is 1. The van der Waals surface area contributed by atoms with Crippen molar-refractivity contribution in [3.05, 3.63) is 29.3 Å². The van der Waals surface area contributed by atoms with Crippen molar-refractivity contribution in [1.29, 1.82) is 5.26 Å². The summed E-state index contributed by atoms with van der Waals surface area (Å²) in [4.78, 5) is 2.28. The average molecular weight is 231 g/mol. The van der Waals surface area contributed by atoms with E-state index in [1.165, 1.54) is 0 Å². The third-order valence-electron chi connectivity index (χ3n) is 2.74. The fourth-order valence-electron chi connectivity index (χ4n) is 1.97. The maximum Gasteiger partial charge on any atom is 0.101 e. The van der Waals surface area contributed by atoms with Gasteiger partial charge in [-0.3, -0.25) is 0 Å². The summed E-state index contributed by atoms with van der Waals surface area (Å²) < 4.78 is 0. The molecule has 0 unspecified atom stereocenters. The van der Waals surface area contributed by atoms with Gasteiger partial charge < -0.3 is 10.6 Å². The Hall–Kier alpha value is -1.53. The summed E-state index contributed by atoms with van der Waals surface area (Å²) in [6.45, 7) is 6.78. The molecule has 92 valence electrons. The van der Waals surface area contributed by atoms with Gasteiger partial charge >= 0.3 is 0 Å². The van der Waals surface area contributed by atoms with E-state index in [9.17, 15) is 5.26 Å². The number of anilines is 1. The second kappa shape index (κ2) is 6.93. The van der Waals surface area contributed by atoms with E-state index >= 15 is 0 Å². The third kappa shape index (κ3) is 3.47. The molecule has 0 fully saturated rings. The molecule has 0 heterocycles. The van der Waals surface area contributed by atoms with E-state index in [1.807, 2.05) is 18.2 Å². The summed E-state index contributed by atoms with van der Waals surface area (Å²) in [6, 6.07) is 8.20. The van der Waals surface area contributed by atoms with E-state index in [2.05, 4.69) is 24.8 Å². The Balaban J connectivity index is 3.05. The van der Waals surface area contributed by atoms with Crippen LogP contribution in [-0.2, 0) is 6.54 Å². The summed E-state index contributed by atoms with van der Waals surface area (Å²) in [5.74, 6) is 0. The Bertz CT molecular complexity index is 387. The van der Waals surface area contributed by atoms with Crippen molar-refractivity contribution >= 4 is 5.69 Å². The first kappa shape index (κ1) is 13.5. The van der Waals surface area contributed by atoms with Gasteiger partial charge in [0.2, 0.25) is 0 Å². The Morgan fingerprint density at radius 1 is 1.24 bits per heavy atom. The molecular weight excluding hydrogens is 210 g/mol. The Morgan fingerprint density at radius 3 is 2.35 bits per heavy atom. The summed E-state index contributed by atoms with van der Waals surface area (Å²) in [5, 5.41) is 9.21. The first-order valence-electron chi connectivity index (χ1n) is 6.24. The predicted octanol–water partition coefficient (Wildman–Crippen LogP) is 2.64. The van der Waals surface area contributed by atoms with Crippen LogP contribution >= 0.6 is 0 Å². The van der Waals surface area contributed by atoms with Gasteiger partial charge in [0, 0.05) is 19.6 Å². The van der Waals surface area contributed by atoms with Crippen LogP contribution in [0.2, 0.25) is 0 Å². The maximum atomic E-state index is 9.21. The lowest BCUT2D eigenvalue weighted by molar-refractivity contribution is 0.744. The summed E-state index contributed by atoms with van der Waals surface area (Å²) in [5.41, 5.74) is 8.37. The largest absolute Gasteiger partial charge is 0.370 e. The van der Waals surface area contributed by atoms with Crippen molar-refractivity contribution in [2.45, 2.75) is 33.2 Å². The lowest BCUT2D eigenvalue weighted by atomic mass is 10.1. The van der Waals surface area contributed by atoms with Gasteiger partial charge in [-0.05, 0) is 30.5 Å². The number of nitrogens with two attached hydrogens (primary N) is 1. The molecule has 0 aliphatic carbocycles. The molecule has 0 atom stereocenters. The maximum absolute atomic E-state index is 9.21. The van der Waals surface area contributed by atoms with Gasteiger partial charge in [0.25, 0.3) is 0 Å². The normalized spacial score (nSPS) is 10.0. The predicted molar refractivity (Wildman–Crippen MR) is 71.8 cm³/mol. The molecule has 1 aromatic rings. The van der Waals surface area contributed by atoms with Crippen molar-refractivity contribution in [2.24, 2.45) is 5.73 Å². The second-order valence-corrected chi connectivity index (χ2v) is 4.15. The van der Waals surface area contributed by atoms with Crippen molar-refractivity contribution in [2.75, 3.05) is 18.0 Å². The first-order valence-corrected chi connectivity index (χ1v) is 6.24. The fourth-order valence-corrected chi connectivity index (χ4v) is 1.97. The highest BCUT2D eigenvalue weighted by atomic mass is 15.1. The van der Waals surface area contributed by atoms with E-state index in [4.69, 9.17) is 5.73 Å². The number of hydrogen-bond donors (Lipinski definition) is 1. The van der Waals surface area contributed by atoms with Crippen LogP contribution in [0.3, 0.4) is 0 Å². The SMILES string of the molecule is CCCN(CCC)c1ccc(CN)cc1C#N. The van der Waals surface area contributed by atoms with Crippen LogP contribution < -0.4 is 10.6 Å². The highest BCUT2D eigenvalue weighted by Gasteiger charge is 2.10. The van der Waals surface area contributed by atoms with Crippen LogP contribution in [0, 0.1) is 11.3 Å². The minimum atomic E-state index is 0.483. The highest BCUT2D eigenvalue weighted by Crippen LogP contribution is 2.22. The standard InChI is InChI=1S/C14H21N3/c1-3-7-17(8-4-2)14-6-5-12(10-15)9-13(14)11-16/h5-6,9H,3-4,7-8,10,15H2,1-2H3. The quantitative estimate of drug-likeness (QED) is 0.819. The molecule has 0 aliphatic heterocycles. The minimum Gasteiger partial charge on any atom is -0.370 e. The first-order chi connectivity index (χ1) is 8.26. The van der Waals surface area contributed by atoms with Crippen molar-refractivity contribution in [3.8, 4) is 6.07 Å². The summed E-state index contributed by atoms with van der Waals surface area (Å²) >= 11 is 0. The molecule has 0 bridgehead atoms. The number of rotatable bonds is 6. The van der Waals surface area contributed by atoms with E-state index in [0.29, 0.717) is 6.54 Å². The zero-order valence-corrected chi connectivity index (χ0v) is 10.7. The van der Waals surface area contributed by atoms with Crippen LogP contribution in [-0.4, -0.2) is 13.1 Å². The number of nitriles is 1. The van der Waals surface area contributed by atoms with Gasteiger partial charge in [-0.2, -0.15) is 5.26 Å².